The molecular weight excluding hydrogens is 578 g/mol. The van der Waals surface area contributed by atoms with Crippen molar-refractivity contribution in [2.24, 2.45) is 0 Å². The van der Waals surface area contributed by atoms with Crippen LogP contribution in [0.5, 0.6) is 11.5 Å². The Hall–Kier alpha value is -4.77. The van der Waals surface area contributed by atoms with Gasteiger partial charge in [-0.3, -0.25) is 4.79 Å². The fourth-order valence-electron chi connectivity index (χ4n) is 4.41. The second-order valence-corrected chi connectivity index (χ2v) is 10.8. The van der Waals surface area contributed by atoms with Crippen LogP contribution < -0.4 is 14.8 Å². The summed E-state index contributed by atoms with van der Waals surface area (Å²) in [6, 6.07) is 36.5. The summed E-state index contributed by atoms with van der Waals surface area (Å²) >= 11 is 7.27. The number of pyridine rings is 1. The van der Waals surface area contributed by atoms with E-state index in [0.717, 1.165) is 16.7 Å². The van der Waals surface area contributed by atoms with E-state index in [4.69, 9.17) is 26.1 Å². The van der Waals surface area contributed by atoms with E-state index in [1.54, 1.807) is 24.3 Å². The molecule has 0 saturated heterocycles. The first-order chi connectivity index (χ1) is 21.0. The Morgan fingerprint density at radius 2 is 1.65 bits per heavy atom. The van der Waals surface area contributed by atoms with Gasteiger partial charge < -0.3 is 14.8 Å². The molecule has 5 rings (SSSR count). The van der Waals surface area contributed by atoms with Crippen LogP contribution in [0, 0.1) is 11.3 Å². The zero-order valence-corrected chi connectivity index (χ0v) is 25.0. The molecule has 0 bridgehead atoms. The van der Waals surface area contributed by atoms with Crippen LogP contribution in [0.1, 0.15) is 18.1 Å². The summed E-state index contributed by atoms with van der Waals surface area (Å²) in [5.74, 6) is 1.01. The summed E-state index contributed by atoms with van der Waals surface area (Å²) in [5, 5.41) is 14.2. The molecule has 0 unspecified atom stereocenters. The number of amides is 1. The lowest BCUT2D eigenvalue weighted by molar-refractivity contribution is -0.113. The number of hydrogen-bond donors (Lipinski definition) is 1. The summed E-state index contributed by atoms with van der Waals surface area (Å²) in [7, 11) is 0. The highest BCUT2D eigenvalue weighted by atomic mass is 35.5. The van der Waals surface area contributed by atoms with E-state index in [1.807, 2.05) is 91.9 Å². The normalized spacial score (nSPS) is 10.5. The molecule has 0 aliphatic rings. The van der Waals surface area contributed by atoms with Crippen LogP contribution in [-0.4, -0.2) is 23.3 Å². The number of anilines is 1. The van der Waals surface area contributed by atoms with Crippen molar-refractivity contribution in [3.63, 3.8) is 0 Å². The molecule has 0 saturated carbocycles. The molecule has 5 aromatic rings. The van der Waals surface area contributed by atoms with E-state index in [1.165, 1.54) is 11.8 Å². The van der Waals surface area contributed by atoms with Crippen LogP contribution in [0.2, 0.25) is 5.02 Å². The number of nitriles is 1. The number of carbonyl (C=O) groups is 1. The molecule has 214 valence electrons. The van der Waals surface area contributed by atoms with E-state index in [2.05, 4.69) is 11.4 Å². The van der Waals surface area contributed by atoms with Gasteiger partial charge in [0.25, 0.3) is 0 Å². The van der Waals surface area contributed by atoms with E-state index in [9.17, 15) is 10.1 Å². The van der Waals surface area contributed by atoms with Crippen LogP contribution in [0.15, 0.2) is 114 Å². The number of nitrogens with one attached hydrogen (secondary N) is 1. The number of thioether (sulfide) groups is 1. The number of carbonyl (C=O) groups excluding carboxylic acids is 1. The molecule has 1 amide bonds. The van der Waals surface area contributed by atoms with Gasteiger partial charge in [0, 0.05) is 21.8 Å². The number of ether oxygens (including phenoxy) is 2. The first-order valence-corrected chi connectivity index (χ1v) is 15.0. The Morgan fingerprint density at radius 3 is 2.37 bits per heavy atom. The molecule has 1 heterocycles. The zero-order valence-electron chi connectivity index (χ0n) is 23.4. The highest BCUT2D eigenvalue weighted by molar-refractivity contribution is 8.00. The Labute approximate surface area is 260 Å². The minimum atomic E-state index is -0.233. The van der Waals surface area contributed by atoms with Crippen molar-refractivity contribution in [2.45, 2.75) is 18.6 Å². The lowest BCUT2D eigenvalue weighted by Gasteiger charge is -2.16. The number of halogens is 1. The SMILES string of the molecule is CCOc1cc(-c2cc(-c3ccccc3)nc(SCC(=O)Nc3cccc(Cl)c3)c2C#N)ccc1OCc1ccccc1. The minimum Gasteiger partial charge on any atom is -0.490 e. The largest absolute Gasteiger partial charge is 0.490 e. The number of hydrogen-bond acceptors (Lipinski definition) is 6. The lowest BCUT2D eigenvalue weighted by atomic mass is 9.99. The first-order valence-electron chi connectivity index (χ1n) is 13.7. The Kier molecular flexibility index (Phi) is 9.96. The van der Waals surface area contributed by atoms with Crippen LogP contribution in [0.25, 0.3) is 22.4 Å². The zero-order chi connectivity index (χ0) is 30.0. The average molecular weight is 606 g/mol. The van der Waals surface area contributed by atoms with Gasteiger partial charge in [-0.1, -0.05) is 96.2 Å². The predicted molar refractivity (Wildman–Crippen MR) is 173 cm³/mol. The highest BCUT2D eigenvalue weighted by Crippen LogP contribution is 2.38. The van der Waals surface area contributed by atoms with E-state index in [-0.39, 0.29) is 11.7 Å². The summed E-state index contributed by atoms with van der Waals surface area (Å²) in [4.78, 5) is 17.6. The molecule has 6 nitrogen and oxygen atoms in total. The third-order valence-corrected chi connectivity index (χ3v) is 7.62. The van der Waals surface area contributed by atoms with Crippen molar-refractivity contribution in [1.29, 1.82) is 5.26 Å². The van der Waals surface area contributed by atoms with Gasteiger partial charge in [-0.15, -0.1) is 0 Å². The molecule has 0 fully saturated rings. The maximum Gasteiger partial charge on any atom is 0.234 e. The van der Waals surface area contributed by atoms with Crippen molar-refractivity contribution in [1.82, 2.24) is 4.98 Å². The highest BCUT2D eigenvalue weighted by Gasteiger charge is 2.19. The Balaban J connectivity index is 1.48. The van der Waals surface area contributed by atoms with Gasteiger partial charge in [0.15, 0.2) is 11.5 Å². The van der Waals surface area contributed by atoms with Crippen molar-refractivity contribution >= 4 is 35.0 Å². The second-order valence-electron chi connectivity index (χ2n) is 9.43. The smallest absolute Gasteiger partial charge is 0.234 e. The van der Waals surface area contributed by atoms with Gasteiger partial charge >= 0.3 is 0 Å². The molecular formula is C35H28ClN3O3S. The van der Waals surface area contributed by atoms with Crippen molar-refractivity contribution < 1.29 is 14.3 Å². The molecule has 8 heteroatoms. The van der Waals surface area contributed by atoms with Crippen LogP contribution in [-0.2, 0) is 11.4 Å². The average Bonchev–Trinajstić information content (AvgIpc) is 3.03. The van der Waals surface area contributed by atoms with Crippen LogP contribution >= 0.6 is 23.4 Å². The van der Waals surface area contributed by atoms with Crippen LogP contribution in [0.3, 0.4) is 0 Å². The van der Waals surface area contributed by atoms with Gasteiger partial charge in [0.1, 0.15) is 17.7 Å². The van der Waals surface area contributed by atoms with Crippen molar-refractivity contribution in [2.75, 3.05) is 17.7 Å². The third kappa shape index (κ3) is 7.75. The van der Waals surface area contributed by atoms with Gasteiger partial charge in [0.2, 0.25) is 5.91 Å². The maximum absolute atomic E-state index is 12.8. The topological polar surface area (TPSA) is 84.2 Å². The Bertz CT molecular complexity index is 1760. The third-order valence-electron chi connectivity index (χ3n) is 6.41. The fraction of sp³-hybridized carbons (Fsp3) is 0.114. The summed E-state index contributed by atoms with van der Waals surface area (Å²) < 4.78 is 12.1. The standard InChI is InChI=1S/C35H28ClN3O3S/c1-2-41-33-18-26(16-17-32(33)42-22-24-10-5-3-6-11-24)29-20-31(25-12-7-4-8-13-25)39-35(30(29)21-37)43-23-34(40)38-28-15-9-14-27(36)19-28/h3-20H,2,22-23H2,1H3,(H,38,40). The van der Waals surface area contributed by atoms with Gasteiger partial charge in [-0.25, -0.2) is 4.98 Å². The first kappa shape index (κ1) is 29.7. The van der Waals surface area contributed by atoms with Gasteiger partial charge in [0.05, 0.1) is 23.6 Å². The molecule has 0 spiro atoms. The maximum atomic E-state index is 12.8. The fourth-order valence-corrected chi connectivity index (χ4v) is 5.41. The molecule has 0 atom stereocenters. The molecule has 0 aliphatic carbocycles. The molecule has 4 aromatic carbocycles. The molecule has 0 aliphatic heterocycles. The molecule has 43 heavy (non-hydrogen) atoms. The number of aromatic nitrogens is 1. The van der Waals surface area contributed by atoms with E-state index >= 15 is 0 Å². The molecule has 1 N–H and O–H groups in total. The van der Waals surface area contributed by atoms with E-state index < -0.39 is 0 Å². The predicted octanol–water partition coefficient (Wildman–Crippen LogP) is 8.65. The number of rotatable bonds is 11. The van der Waals surface area contributed by atoms with Crippen molar-refractivity contribution in [3.05, 3.63) is 125 Å². The minimum absolute atomic E-state index is 0.0579. The van der Waals surface area contributed by atoms with Crippen LogP contribution in [0.4, 0.5) is 5.69 Å². The summed E-state index contributed by atoms with van der Waals surface area (Å²) in [6.45, 7) is 2.76. The number of nitrogens with zero attached hydrogens (tertiary/aromatic N) is 2. The van der Waals surface area contributed by atoms with Gasteiger partial charge in [-0.05, 0) is 54.4 Å². The van der Waals surface area contributed by atoms with Gasteiger partial charge in [-0.2, -0.15) is 5.26 Å². The second kappa shape index (κ2) is 14.4. The lowest BCUT2D eigenvalue weighted by Crippen LogP contribution is -2.14. The molecule has 1 aromatic heterocycles. The monoisotopic (exact) mass is 605 g/mol. The van der Waals surface area contributed by atoms with E-state index in [0.29, 0.717) is 57.3 Å². The molecule has 0 radical (unpaired) electrons. The number of benzene rings is 4. The quantitative estimate of drug-likeness (QED) is 0.152. The van der Waals surface area contributed by atoms with Crippen molar-refractivity contribution in [3.8, 4) is 40.0 Å². The Morgan fingerprint density at radius 1 is 0.884 bits per heavy atom. The summed E-state index contributed by atoms with van der Waals surface area (Å²) in [5.41, 5.74) is 5.06. The summed E-state index contributed by atoms with van der Waals surface area (Å²) in [6.07, 6.45) is 0.